The lowest BCUT2D eigenvalue weighted by Gasteiger charge is -2.22. The first kappa shape index (κ1) is 23.9. The smallest absolute Gasteiger partial charge is 0.335 e. The Bertz CT molecular complexity index is 886. The van der Waals surface area contributed by atoms with Crippen LogP contribution in [0.5, 0.6) is 17.2 Å². The van der Waals surface area contributed by atoms with Gasteiger partial charge in [0, 0.05) is 6.04 Å². The van der Waals surface area contributed by atoms with Crippen LogP contribution in [0.3, 0.4) is 0 Å². The highest BCUT2D eigenvalue weighted by Gasteiger charge is 2.15. The maximum atomic E-state index is 12.0. The molecule has 0 atom stereocenters. The molecule has 0 unspecified atom stereocenters. The van der Waals surface area contributed by atoms with Crippen molar-refractivity contribution in [3.05, 3.63) is 52.5 Å². The van der Waals surface area contributed by atoms with Crippen LogP contribution in [-0.2, 0) is 0 Å². The van der Waals surface area contributed by atoms with Gasteiger partial charge >= 0.3 is 6.03 Å². The number of carbonyl (C=O) groups is 1. The lowest BCUT2D eigenvalue weighted by atomic mass is 9.96. The summed E-state index contributed by atoms with van der Waals surface area (Å²) in [4.78, 5) is 12.0. The molecule has 2 aromatic carbocycles. The monoisotopic (exact) mass is 503 g/mol. The van der Waals surface area contributed by atoms with Gasteiger partial charge in [-0.1, -0.05) is 37.5 Å². The lowest BCUT2D eigenvalue weighted by molar-refractivity contribution is 0.207. The van der Waals surface area contributed by atoms with Gasteiger partial charge in [0.05, 0.1) is 17.3 Å². The van der Waals surface area contributed by atoms with Gasteiger partial charge in [-0.2, -0.15) is 5.10 Å². The molecule has 0 spiro atoms. The maximum Gasteiger partial charge on any atom is 0.335 e. The first-order valence-electron chi connectivity index (χ1n) is 11.0. The van der Waals surface area contributed by atoms with Crippen molar-refractivity contribution >= 4 is 28.2 Å². The fourth-order valence-electron chi connectivity index (χ4n) is 3.52. The van der Waals surface area contributed by atoms with Gasteiger partial charge < -0.3 is 19.5 Å². The van der Waals surface area contributed by atoms with Gasteiger partial charge in [0.2, 0.25) is 0 Å². The number of hydrogen-bond donors (Lipinski definition) is 2. The molecule has 0 bridgehead atoms. The minimum absolute atomic E-state index is 0.236. The Hall–Kier alpha value is -2.74. The van der Waals surface area contributed by atoms with E-state index < -0.39 is 0 Å². The van der Waals surface area contributed by atoms with Crippen LogP contribution in [-0.4, -0.2) is 38.1 Å². The molecule has 3 rings (SSSR count). The number of hydrogen-bond acceptors (Lipinski definition) is 5. The van der Waals surface area contributed by atoms with E-state index in [2.05, 4.69) is 31.8 Å². The molecule has 2 aromatic rings. The molecule has 7 nitrogen and oxygen atoms in total. The van der Waals surface area contributed by atoms with Gasteiger partial charge in [0.25, 0.3) is 0 Å². The molecule has 2 N–H and O–H groups in total. The third kappa shape index (κ3) is 7.75. The van der Waals surface area contributed by atoms with E-state index in [0.717, 1.165) is 41.5 Å². The standard InChI is InChI=1S/C24H30BrN3O4/c1-2-30-22-16-18(17-26-28-24(29)27-19-9-5-3-6-10-19)15-21(25)23(22)32-14-13-31-20-11-7-4-8-12-20/h4,7-8,11-12,15-17,19H,2-3,5-6,9-10,13-14H2,1H3,(H2,27,28,29)/b26-17+. The fraction of sp³-hybridized carbons (Fsp3) is 0.417. The van der Waals surface area contributed by atoms with Crippen molar-refractivity contribution in [1.82, 2.24) is 10.7 Å². The normalized spacial score (nSPS) is 14.2. The molecule has 172 valence electrons. The van der Waals surface area contributed by atoms with E-state index in [1.165, 1.54) is 6.42 Å². The van der Waals surface area contributed by atoms with Crippen molar-refractivity contribution in [2.45, 2.75) is 45.1 Å². The summed E-state index contributed by atoms with van der Waals surface area (Å²) in [6, 6.07) is 13.2. The van der Waals surface area contributed by atoms with Crippen LogP contribution in [0.1, 0.15) is 44.6 Å². The molecule has 0 radical (unpaired) electrons. The molecule has 0 aliphatic heterocycles. The van der Waals surface area contributed by atoms with Crippen LogP contribution in [0, 0.1) is 0 Å². The number of nitrogens with one attached hydrogen (secondary N) is 2. The quantitative estimate of drug-likeness (QED) is 0.262. The van der Waals surface area contributed by atoms with Gasteiger partial charge in [0.15, 0.2) is 11.5 Å². The van der Waals surface area contributed by atoms with E-state index in [1.807, 2.05) is 49.4 Å². The zero-order valence-electron chi connectivity index (χ0n) is 18.3. The van der Waals surface area contributed by atoms with Crippen LogP contribution >= 0.6 is 15.9 Å². The number of rotatable bonds is 10. The second kappa shape index (κ2) is 13.0. The number of urea groups is 1. The number of amides is 2. The molecule has 1 aliphatic carbocycles. The number of carbonyl (C=O) groups excluding carboxylic acids is 1. The molecule has 1 aliphatic rings. The average Bonchev–Trinajstić information content (AvgIpc) is 2.79. The number of hydrazone groups is 1. The molecule has 0 saturated heterocycles. The highest BCUT2D eigenvalue weighted by molar-refractivity contribution is 9.10. The summed E-state index contributed by atoms with van der Waals surface area (Å²) in [5.41, 5.74) is 3.31. The highest BCUT2D eigenvalue weighted by atomic mass is 79.9. The Morgan fingerprint density at radius 3 is 2.59 bits per heavy atom. The summed E-state index contributed by atoms with van der Waals surface area (Å²) in [5.74, 6) is 1.99. The van der Waals surface area contributed by atoms with Crippen LogP contribution in [0.25, 0.3) is 0 Å². The van der Waals surface area contributed by atoms with E-state index in [1.54, 1.807) is 6.21 Å². The minimum atomic E-state index is -0.282. The average molecular weight is 504 g/mol. The predicted molar refractivity (Wildman–Crippen MR) is 129 cm³/mol. The largest absolute Gasteiger partial charge is 0.490 e. The number of ether oxygens (including phenoxy) is 3. The van der Waals surface area contributed by atoms with E-state index in [4.69, 9.17) is 14.2 Å². The number of benzene rings is 2. The fourth-order valence-corrected chi connectivity index (χ4v) is 4.09. The Balaban J connectivity index is 1.54. The third-order valence-electron chi connectivity index (χ3n) is 4.99. The summed E-state index contributed by atoms with van der Waals surface area (Å²) in [5, 5.41) is 7.03. The van der Waals surface area contributed by atoms with Gasteiger partial charge in [-0.15, -0.1) is 0 Å². The minimum Gasteiger partial charge on any atom is -0.490 e. The number of nitrogens with zero attached hydrogens (tertiary/aromatic N) is 1. The van der Waals surface area contributed by atoms with Gasteiger partial charge in [0.1, 0.15) is 19.0 Å². The van der Waals surface area contributed by atoms with E-state index in [-0.39, 0.29) is 12.1 Å². The SMILES string of the molecule is CCOc1cc(/C=N/NC(=O)NC2CCCCC2)cc(Br)c1OCCOc1ccccc1. The van der Waals surface area contributed by atoms with Gasteiger partial charge in [-0.3, -0.25) is 0 Å². The van der Waals surface area contributed by atoms with Crippen LogP contribution in [0.2, 0.25) is 0 Å². The van der Waals surface area contributed by atoms with Crippen molar-refractivity contribution in [3.8, 4) is 17.2 Å². The summed E-state index contributed by atoms with van der Waals surface area (Å²) in [7, 11) is 0. The Morgan fingerprint density at radius 1 is 1.09 bits per heavy atom. The van der Waals surface area contributed by atoms with Crippen molar-refractivity contribution in [3.63, 3.8) is 0 Å². The highest BCUT2D eigenvalue weighted by Crippen LogP contribution is 2.36. The number of para-hydroxylation sites is 1. The first-order valence-corrected chi connectivity index (χ1v) is 11.8. The Morgan fingerprint density at radius 2 is 1.84 bits per heavy atom. The molecule has 0 aromatic heterocycles. The lowest BCUT2D eigenvalue weighted by Crippen LogP contribution is -2.41. The summed E-state index contributed by atoms with van der Waals surface area (Å²) < 4.78 is 18.1. The van der Waals surface area contributed by atoms with E-state index in [9.17, 15) is 4.79 Å². The van der Waals surface area contributed by atoms with Crippen LogP contribution in [0.4, 0.5) is 4.79 Å². The van der Waals surface area contributed by atoms with Crippen molar-refractivity contribution in [1.29, 1.82) is 0 Å². The van der Waals surface area contributed by atoms with Crippen LogP contribution < -0.4 is 25.0 Å². The number of halogens is 1. The summed E-state index contributed by atoms with van der Waals surface area (Å²) in [6.07, 6.45) is 7.20. The Labute approximate surface area is 197 Å². The second-order valence-corrected chi connectivity index (χ2v) is 8.31. The van der Waals surface area contributed by atoms with Crippen molar-refractivity contribution < 1.29 is 19.0 Å². The zero-order valence-corrected chi connectivity index (χ0v) is 19.9. The summed E-state index contributed by atoms with van der Waals surface area (Å²) >= 11 is 3.54. The first-order chi connectivity index (χ1) is 15.7. The topological polar surface area (TPSA) is 81.2 Å². The maximum absolute atomic E-state index is 12.0. The van der Waals surface area contributed by atoms with Gasteiger partial charge in [-0.05, 0) is 65.5 Å². The molecule has 8 heteroatoms. The molecular weight excluding hydrogens is 474 g/mol. The predicted octanol–water partition coefficient (Wildman–Crippen LogP) is 5.27. The zero-order chi connectivity index (χ0) is 22.6. The molecule has 1 fully saturated rings. The van der Waals surface area contributed by atoms with Crippen LogP contribution in [0.15, 0.2) is 52.0 Å². The Kier molecular flexibility index (Phi) is 9.68. The van der Waals surface area contributed by atoms with Crippen molar-refractivity contribution in [2.24, 2.45) is 5.10 Å². The summed E-state index contributed by atoms with van der Waals surface area (Å²) in [6.45, 7) is 3.18. The van der Waals surface area contributed by atoms with E-state index >= 15 is 0 Å². The van der Waals surface area contributed by atoms with E-state index in [0.29, 0.717) is 31.3 Å². The second-order valence-electron chi connectivity index (χ2n) is 7.45. The molecular formula is C24H30BrN3O4. The molecule has 1 saturated carbocycles. The molecule has 32 heavy (non-hydrogen) atoms. The third-order valence-corrected chi connectivity index (χ3v) is 5.58. The van der Waals surface area contributed by atoms with Crippen molar-refractivity contribution in [2.75, 3.05) is 19.8 Å². The van der Waals surface area contributed by atoms with Gasteiger partial charge in [-0.25, -0.2) is 10.2 Å². The molecule has 2 amide bonds. The molecule has 0 heterocycles.